The summed E-state index contributed by atoms with van der Waals surface area (Å²) in [5.74, 6) is 0. The van der Waals surface area contributed by atoms with E-state index >= 15 is 0 Å². The second kappa shape index (κ2) is 8.82. The third-order valence-electron chi connectivity index (χ3n) is 0. The molecule has 0 atom stereocenters. The van der Waals surface area contributed by atoms with E-state index in [1.807, 2.05) is 0 Å². The molecule has 0 bridgehead atoms. The van der Waals surface area contributed by atoms with Crippen LogP contribution in [0.2, 0.25) is 0 Å². The van der Waals surface area contributed by atoms with Crippen LogP contribution in [0.15, 0.2) is 0 Å². The van der Waals surface area contributed by atoms with Crippen LogP contribution in [0.3, 0.4) is 0 Å². The first kappa shape index (κ1) is 9.09. The van der Waals surface area contributed by atoms with Crippen LogP contribution < -0.4 is 0 Å². The summed E-state index contributed by atoms with van der Waals surface area (Å²) in [5.41, 5.74) is 0. The molecular formula is HCl2NiP. The summed E-state index contributed by atoms with van der Waals surface area (Å²) >= 11 is 9.58. The molecule has 0 rings (SSSR count). The van der Waals surface area contributed by atoms with Gasteiger partial charge in [0.15, 0.2) is 0 Å². The van der Waals surface area contributed by atoms with Crippen LogP contribution in [0.4, 0.5) is 0 Å². The Kier molecular flexibility index (Phi) is 20.1. The molecule has 30 valence electrons. The minimum absolute atomic E-state index is 0. The third kappa shape index (κ3) is 9.71. The molecule has 0 heterocycles. The zero-order valence-corrected chi connectivity index (χ0v) is 5.07. The maximum atomic E-state index is 4.79. The van der Waals surface area contributed by atoms with Crippen molar-refractivity contribution in [2.45, 2.75) is 0 Å². The Morgan fingerprint density at radius 2 is 1.25 bits per heavy atom. The molecule has 0 radical (unpaired) electrons. The zero-order valence-electron chi connectivity index (χ0n) is 1.57. The molecule has 0 spiro atoms. The summed E-state index contributed by atoms with van der Waals surface area (Å²) in [7, 11) is 0.0278. The normalized spacial score (nSPS) is 4.50. The quantitative estimate of drug-likeness (QED) is 0.377. The Hall–Kier alpha value is 1.50. The summed E-state index contributed by atoms with van der Waals surface area (Å²) in [5, 5.41) is 0. The van der Waals surface area contributed by atoms with Gasteiger partial charge in [-0.2, -0.15) is 0 Å². The molecule has 0 saturated heterocycles. The van der Waals surface area contributed by atoms with Crippen molar-refractivity contribution in [3.8, 4) is 0 Å². The van der Waals surface area contributed by atoms with Crippen molar-refractivity contribution in [1.82, 2.24) is 0 Å². The van der Waals surface area contributed by atoms with Crippen LogP contribution in [0, 0.1) is 0 Å². The molecule has 0 fully saturated rings. The van der Waals surface area contributed by atoms with Crippen molar-refractivity contribution < 1.29 is 16.5 Å². The van der Waals surface area contributed by atoms with Gasteiger partial charge in [-0.3, -0.25) is 0 Å². The summed E-state index contributed by atoms with van der Waals surface area (Å²) < 4.78 is 0. The fourth-order valence-corrected chi connectivity index (χ4v) is 0. The Labute approximate surface area is 46.5 Å². The van der Waals surface area contributed by atoms with E-state index in [4.69, 9.17) is 22.5 Å². The Balaban J connectivity index is 0. The van der Waals surface area contributed by atoms with Crippen LogP contribution in [-0.4, -0.2) is 0 Å². The molecule has 0 aromatic heterocycles. The smallest absolute Gasteiger partial charge is 0.0713 e. The largest absolute Gasteiger partial charge is 0.0818 e. The van der Waals surface area contributed by atoms with Crippen molar-refractivity contribution in [2.24, 2.45) is 0 Å². The summed E-state index contributed by atoms with van der Waals surface area (Å²) in [6.45, 7) is 0. The summed E-state index contributed by atoms with van der Waals surface area (Å²) in [6, 6.07) is 0. The second-order valence-electron chi connectivity index (χ2n) is 0.0714. The standard InChI is InChI=1S/Cl2HP.Ni/c1-3-2;/h3H;. The predicted octanol–water partition coefficient (Wildman–Crippen LogP) is 1.97. The van der Waals surface area contributed by atoms with E-state index in [0.717, 1.165) is 0 Å². The second-order valence-corrected chi connectivity index (χ2v) is 1.93. The fourth-order valence-electron chi connectivity index (χ4n) is 0. The van der Waals surface area contributed by atoms with Crippen LogP contribution in [0.1, 0.15) is 0 Å². The molecule has 0 unspecified atom stereocenters. The first-order valence-corrected chi connectivity index (χ1v) is 3.40. The van der Waals surface area contributed by atoms with Crippen molar-refractivity contribution in [2.75, 3.05) is 0 Å². The fraction of sp³-hybridized carbons (Fsp3) is 0. The zero-order chi connectivity index (χ0) is 2.71. The van der Waals surface area contributed by atoms with Gasteiger partial charge in [0.25, 0.3) is 0 Å². The number of rotatable bonds is 0. The van der Waals surface area contributed by atoms with E-state index in [9.17, 15) is 0 Å². The van der Waals surface area contributed by atoms with Gasteiger partial charge in [0.2, 0.25) is 0 Å². The maximum absolute atomic E-state index is 4.79. The Morgan fingerprint density at radius 3 is 1.25 bits per heavy atom. The minimum atomic E-state index is 0. The van der Waals surface area contributed by atoms with Gasteiger partial charge < -0.3 is 0 Å². The Bertz CT molecular complexity index is 6.00. The van der Waals surface area contributed by atoms with Crippen LogP contribution >= 0.6 is 29.8 Å². The molecule has 0 aromatic carbocycles. The van der Waals surface area contributed by atoms with Gasteiger partial charge in [-0.05, 0) is 0 Å². The molecule has 0 aliphatic carbocycles. The molecule has 0 saturated carbocycles. The van der Waals surface area contributed by atoms with Gasteiger partial charge in [0.05, 0.1) is 7.29 Å². The monoisotopic (exact) mass is 160 g/mol. The molecule has 0 amide bonds. The van der Waals surface area contributed by atoms with Crippen LogP contribution in [0.25, 0.3) is 0 Å². The molecule has 0 N–H and O–H groups in total. The maximum Gasteiger partial charge on any atom is 0.0713 e. The number of hydrogen-bond donors (Lipinski definition) is 0. The van der Waals surface area contributed by atoms with Crippen molar-refractivity contribution in [3.05, 3.63) is 0 Å². The Morgan fingerprint density at radius 1 is 1.25 bits per heavy atom. The molecular weight excluding hydrogens is 161 g/mol. The predicted molar refractivity (Wildman–Crippen MR) is 20.0 cm³/mol. The molecule has 0 nitrogen and oxygen atoms in total. The van der Waals surface area contributed by atoms with Crippen LogP contribution in [-0.2, 0) is 16.5 Å². The first-order valence-electron chi connectivity index (χ1n) is 0.378. The molecule has 4 heteroatoms. The van der Waals surface area contributed by atoms with Gasteiger partial charge in [-0.25, -0.2) is 0 Å². The SMILES string of the molecule is ClPCl.[Ni]. The van der Waals surface area contributed by atoms with E-state index in [2.05, 4.69) is 0 Å². The van der Waals surface area contributed by atoms with E-state index in [1.165, 1.54) is 0 Å². The van der Waals surface area contributed by atoms with Crippen molar-refractivity contribution in [1.29, 1.82) is 0 Å². The molecule has 0 aliphatic heterocycles. The van der Waals surface area contributed by atoms with Gasteiger partial charge >= 0.3 is 0 Å². The summed E-state index contributed by atoms with van der Waals surface area (Å²) in [4.78, 5) is 0. The average molecular weight is 162 g/mol. The topological polar surface area (TPSA) is 0 Å². The van der Waals surface area contributed by atoms with Crippen LogP contribution in [0.5, 0.6) is 0 Å². The van der Waals surface area contributed by atoms with Gasteiger partial charge in [-0.15, -0.1) is 0 Å². The third-order valence-corrected chi connectivity index (χ3v) is 0. The average Bonchev–Trinajstić information content (AvgIpc) is 0.918. The number of hydrogen-bond acceptors (Lipinski definition) is 0. The number of halogens is 2. The van der Waals surface area contributed by atoms with E-state index < -0.39 is 0 Å². The minimum Gasteiger partial charge on any atom is -0.0818 e. The van der Waals surface area contributed by atoms with Gasteiger partial charge in [-0.1, -0.05) is 22.5 Å². The summed E-state index contributed by atoms with van der Waals surface area (Å²) in [6.07, 6.45) is 0. The van der Waals surface area contributed by atoms with Gasteiger partial charge in [0, 0.05) is 16.5 Å². The molecule has 0 aliphatic rings. The van der Waals surface area contributed by atoms with E-state index in [-0.39, 0.29) is 23.8 Å². The van der Waals surface area contributed by atoms with E-state index in [1.54, 1.807) is 0 Å². The molecule has 4 heavy (non-hydrogen) atoms. The first-order chi connectivity index (χ1) is 1.41. The molecule has 0 aromatic rings. The van der Waals surface area contributed by atoms with Crippen molar-refractivity contribution >= 4 is 29.8 Å². The van der Waals surface area contributed by atoms with E-state index in [0.29, 0.717) is 0 Å². The van der Waals surface area contributed by atoms with Crippen molar-refractivity contribution in [3.63, 3.8) is 0 Å². The van der Waals surface area contributed by atoms with Gasteiger partial charge in [0.1, 0.15) is 0 Å².